The minimum Gasteiger partial charge on any atom is -0.333 e. The van der Waals surface area contributed by atoms with Crippen molar-refractivity contribution in [2.75, 3.05) is 0 Å². The molecule has 1 aliphatic carbocycles. The molecule has 0 aromatic carbocycles. The van der Waals surface area contributed by atoms with Gasteiger partial charge in [0.15, 0.2) is 0 Å². The molecule has 1 rings (SSSR count). The number of hydrogen-bond donors (Lipinski definition) is 0. The van der Waals surface area contributed by atoms with E-state index in [1.165, 1.54) is 6.42 Å². The number of Topliss-reactive ketones (excluding diaryl/α,β-unsaturated/α-hetero) is 1. The molecule has 0 amide bonds. The van der Waals surface area contributed by atoms with Crippen molar-refractivity contribution >= 4 is 5.78 Å². The van der Waals surface area contributed by atoms with Crippen molar-refractivity contribution in [3.05, 3.63) is 6.92 Å². The Kier molecular flexibility index (Phi) is 5.25. The van der Waals surface area contributed by atoms with Crippen molar-refractivity contribution in [2.24, 2.45) is 11.8 Å². The average Bonchev–Trinajstić information content (AvgIpc) is 1.95. The first-order chi connectivity index (χ1) is 4.75. The van der Waals surface area contributed by atoms with Gasteiger partial charge in [0.1, 0.15) is 5.78 Å². The molecule has 2 atom stereocenters. The predicted octanol–water partition coefficient (Wildman–Crippen LogP) is 2.21. The van der Waals surface area contributed by atoms with E-state index >= 15 is 0 Å². The summed E-state index contributed by atoms with van der Waals surface area (Å²) in [6, 6.07) is 0. The van der Waals surface area contributed by atoms with Crippen molar-refractivity contribution in [3.8, 4) is 0 Å². The molecule has 1 nitrogen and oxygen atoms in total. The summed E-state index contributed by atoms with van der Waals surface area (Å²) in [5.74, 6) is 0.823. The Bertz CT molecular complexity index is 134. The van der Waals surface area contributed by atoms with E-state index in [1.54, 1.807) is 0 Å². The Hall–Kier alpha value is 0.358. The van der Waals surface area contributed by atoms with E-state index in [0.29, 0.717) is 11.7 Å². The Morgan fingerprint density at radius 3 is 2.64 bits per heavy atom. The second-order valence-corrected chi connectivity index (χ2v) is 3.14. The average molecular weight is 323 g/mol. The molecule has 11 heavy (non-hydrogen) atoms. The number of hydrogen-bond acceptors (Lipinski definition) is 1. The molecule has 0 heterocycles. The fourth-order valence-corrected chi connectivity index (χ4v) is 1.63. The molecule has 0 bridgehead atoms. The van der Waals surface area contributed by atoms with Crippen molar-refractivity contribution in [2.45, 2.75) is 32.6 Å². The zero-order valence-electron chi connectivity index (χ0n) is 7.01. The molecule has 0 saturated heterocycles. The van der Waals surface area contributed by atoms with Gasteiger partial charge >= 0.3 is 0 Å². The van der Waals surface area contributed by atoms with Crippen molar-refractivity contribution in [3.63, 3.8) is 0 Å². The molecule has 0 radical (unpaired) electrons. The van der Waals surface area contributed by atoms with Gasteiger partial charge in [-0.25, -0.2) is 0 Å². The second kappa shape index (κ2) is 5.08. The normalized spacial score (nSPS) is 31.3. The van der Waals surface area contributed by atoms with Crippen molar-refractivity contribution < 1.29 is 25.9 Å². The molecule has 0 aromatic rings. The number of rotatable bonds is 1. The van der Waals surface area contributed by atoms with Gasteiger partial charge in [-0.3, -0.25) is 0 Å². The predicted molar refractivity (Wildman–Crippen MR) is 41.5 cm³/mol. The van der Waals surface area contributed by atoms with Crippen LogP contribution in [0.5, 0.6) is 0 Å². The molecular formula is C9H15OW-. The first kappa shape index (κ1) is 11.4. The molecule has 1 saturated carbocycles. The second-order valence-electron chi connectivity index (χ2n) is 3.14. The summed E-state index contributed by atoms with van der Waals surface area (Å²) in [7, 11) is 0. The summed E-state index contributed by atoms with van der Waals surface area (Å²) in [5, 5.41) is 0. The molecule has 2 unspecified atom stereocenters. The summed E-state index contributed by atoms with van der Waals surface area (Å²) in [6.07, 6.45) is 4.31. The van der Waals surface area contributed by atoms with E-state index in [0.717, 1.165) is 19.3 Å². The van der Waals surface area contributed by atoms with Crippen LogP contribution >= 0.6 is 0 Å². The van der Waals surface area contributed by atoms with Crippen LogP contribution in [0, 0.1) is 18.8 Å². The van der Waals surface area contributed by atoms with Crippen LogP contribution in [0.4, 0.5) is 0 Å². The molecule has 0 aliphatic heterocycles. The fraction of sp³-hybridized carbons (Fsp3) is 0.778. The molecule has 64 valence electrons. The molecule has 0 spiro atoms. The standard InChI is InChI=1S/C9H15O.W/c1-3-8-6-4-5-7(2)9(8)10;/h7-8H,2-6H2,1H3;/q-1;. The molecule has 1 aliphatic rings. The van der Waals surface area contributed by atoms with Crippen LogP contribution in [0.2, 0.25) is 0 Å². The van der Waals surface area contributed by atoms with E-state index in [-0.39, 0.29) is 27.0 Å². The molecule has 0 aromatic heterocycles. The smallest absolute Gasteiger partial charge is 0.109 e. The topological polar surface area (TPSA) is 17.1 Å². The van der Waals surface area contributed by atoms with E-state index < -0.39 is 0 Å². The number of carbonyl (C=O) groups excluding carboxylic acids is 1. The van der Waals surface area contributed by atoms with Crippen molar-refractivity contribution in [1.29, 1.82) is 0 Å². The summed E-state index contributed by atoms with van der Waals surface area (Å²) < 4.78 is 0. The summed E-state index contributed by atoms with van der Waals surface area (Å²) in [4.78, 5) is 11.3. The Labute approximate surface area is 83.2 Å². The Morgan fingerprint density at radius 2 is 2.18 bits per heavy atom. The van der Waals surface area contributed by atoms with Gasteiger partial charge in [-0.2, -0.15) is 0 Å². The van der Waals surface area contributed by atoms with Gasteiger partial charge in [-0.15, -0.1) is 5.92 Å². The van der Waals surface area contributed by atoms with Gasteiger partial charge in [0.2, 0.25) is 0 Å². The van der Waals surface area contributed by atoms with Crippen LogP contribution in [0.15, 0.2) is 0 Å². The van der Waals surface area contributed by atoms with E-state index in [4.69, 9.17) is 0 Å². The summed E-state index contributed by atoms with van der Waals surface area (Å²) in [6.45, 7) is 5.91. The quantitative estimate of drug-likeness (QED) is 0.677. The van der Waals surface area contributed by atoms with Gasteiger partial charge in [-0.1, -0.05) is 19.8 Å². The van der Waals surface area contributed by atoms with Gasteiger partial charge in [-0.05, 0) is 12.8 Å². The summed E-state index contributed by atoms with van der Waals surface area (Å²) in [5.41, 5.74) is 0. The zero-order chi connectivity index (χ0) is 7.56. The SMILES string of the molecule is [CH2-]C1CCCC(CC)C1=O.[W]. The largest absolute Gasteiger partial charge is 0.333 e. The van der Waals surface area contributed by atoms with Crippen LogP contribution in [0.3, 0.4) is 0 Å². The van der Waals surface area contributed by atoms with Gasteiger partial charge in [0.25, 0.3) is 0 Å². The molecular weight excluding hydrogens is 308 g/mol. The third kappa shape index (κ3) is 2.70. The fourth-order valence-electron chi connectivity index (χ4n) is 1.63. The molecule has 0 N–H and O–H groups in total. The molecule has 2 heteroatoms. The first-order valence-corrected chi connectivity index (χ1v) is 4.12. The summed E-state index contributed by atoms with van der Waals surface area (Å²) >= 11 is 0. The molecule has 1 fully saturated rings. The third-order valence-corrected chi connectivity index (χ3v) is 2.40. The number of carbonyl (C=O) groups is 1. The van der Waals surface area contributed by atoms with E-state index in [2.05, 4.69) is 13.8 Å². The maximum atomic E-state index is 11.3. The number of ketones is 1. The van der Waals surface area contributed by atoms with Gasteiger partial charge < -0.3 is 11.7 Å². The van der Waals surface area contributed by atoms with Crippen LogP contribution in [0.1, 0.15) is 32.6 Å². The van der Waals surface area contributed by atoms with E-state index in [1.807, 2.05) is 0 Å². The van der Waals surface area contributed by atoms with Gasteiger partial charge in [0, 0.05) is 27.0 Å². The third-order valence-electron chi connectivity index (χ3n) is 2.40. The zero-order valence-corrected chi connectivity index (χ0v) is 9.94. The maximum absolute atomic E-state index is 11.3. The van der Waals surface area contributed by atoms with E-state index in [9.17, 15) is 4.79 Å². The van der Waals surface area contributed by atoms with Crippen LogP contribution < -0.4 is 0 Å². The maximum Gasteiger partial charge on any atom is 0.109 e. The van der Waals surface area contributed by atoms with Crippen LogP contribution in [-0.4, -0.2) is 5.78 Å². The Morgan fingerprint density at radius 1 is 1.55 bits per heavy atom. The van der Waals surface area contributed by atoms with Gasteiger partial charge in [0.05, 0.1) is 0 Å². The monoisotopic (exact) mass is 323 g/mol. The first-order valence-electron chi connectivity index (χ1n) is 4.12. The van der Waals surface area contributed by atoms with Crippen LogP contribution in [-0.2, 0) is 25.9 Å². The minimum atomic E-state index is 0. The Balaban J connectivity index is 0.000001000. The van der Waals surface area contributed by atoms with Crippen molar-refractivity contribution in [1.82, 2.24) is 0 Å². The van der Waals surface area contributed by atoms with Crippen LogP contribution in [0.25, 0.3) is 0 Å². The minimum absolute atomic E-state index is 0.